The first kappa shape index (κ1) is 27.8. The van der Waals surface area contributed by atoms with Crippen LogP contribution < -0.4 is 0 Å². The third kappa shape index (κ3) is 7.99. The van der Waals surface area contributed by atoms with Gasteiger partial charge in [0, 0.05) is 6.42 Å². The summed E-state index contributed by atoms with van der Waals surface area (Å²) in [5, 5.41) is -3.23. The summed E-state index contributed by atoms with van der Waals surface area (Å²) in [6.45, 7) is 5.09. The van der Waals surface area contributed by atoms with E-state index in [1.807, 2.05) is 19.9 Å². The summed E-state index contributed by atoms with van der Waals surface area (Å²) < 4.78 is 67.5. The highest BCUT2D eigenvalue weighted by Crippen LogP contribution is 2.70. The molecule has 0 aromatic heterocycles. The molecule has 0 heterocycles. The van der Waals surface area contributed by atoms with Crippen LogP contribution in [0.3, 0.4) is 0 Å². The van der Waals surface area contributed by atoms with Crippen LogP contribution in [0.1, 0.15) is 44.7 Å². The van der Waals surface area contributed by atoms with Crippen molar-refractivity contribution in [3.63, 3.8) is 0 Å². The lowest BCUT2D eigenvalue weighted by Gasteiger charge is -2.34. The van der Waals surface area contributed by atoms with Gasteiger partial charge in [-0.05, 0) is 51.3 Å². The molecule has 0 saturated heterocycles. The van der Waals surface area contributed by atoms with Gasteiger partial charge in [0.25, 0.3) is 5.08 Å². The fourth-order valence-corrected chi connectivity index (χ4v) is 5.30. The molecular formula is C19H27F3O7P2. The molecule has 176 valence electrons. The van der Waals surface area contributed by atoms with Gasteiger partial charge in [-0.1, -0.05) is 35.4 Å². The fourth-order valence-electron chi connectivity index (χ4n) is 2.68. The Bertz CT molecular complexity index is 870. The van der Waals surface area contributed by atoms with E-state index in [1.165, 1.54) is 6.08 Å². The Morgan fingerprint density at radius 2 is 1.48 bits per heavy atom. The van der Waals surface area contributed by atoms with Gasteiger partial charge in [-0.3, -0.25) is 9.13 Å². The second kappa shape index (κ2) is 10.6. The Labute approximate surface area is 179 Å². The minimum absolute atomic E-state index is 0.135. The third-order valence-electron chi connectivity index (χ3n) is 4.46. The van der Waals surface area contributed by atoms with E-state index in [1.54, 1.807) is 6.92 Å². The highest BCUT2D eigenvalue weighted by molar-refractivity contribution is 7.72. The van der Waals surface area contributed by atoms with Crippen molar-refractivity contribution in [1.82, 2.24) is 0 Å². The van der Waals surface area contributed by atoms with E-state index in [9.17, 15) is 41.9 Å². The molecule has 7 nitrogen and oxygen atoms in total. The highest BCUT2D eigenvalue weighted by Gasteiger charge is 2.61. The number of allylic oxidation sites excluding steroid dienone is 3. The first-order valence-corrected chi connectivity index (χ1v) is 12.4. The molecule has 0 atom stereocenters. The number of benzene rings is 1. The lowest BCUT2D eigenvalue weighted by molar-refractivity contribution is -0.137. The lowest BCUT2D eigenvalue weighted by atomic mass is 10.1. The van der Waals surface area contributed by atoms with E-state index in [0.29, 0.717) is 25.0 Å². The Kier molecular flexibility index (Phi) is 9.48. The van der Waals surface area contributed by atoms with Gasteiger partial charge in [0.2, 0.25) is 0 Å². The number of halogens is 3. The maximum absolute atomic E-state index is 12.7. The van der Waals surface area contributed by atoms with Crippen LogP contribution in [0.4, 0.5) is 13.2 Å². The maximum Gasteiger partial charge on any atom is 0.416 e. The van der Waals surface area contributed by atoms with E-state index in [-0.39, 0.29) is 5.56 Å². The highest BCUT2D eigenvalue weighted by atomic mass is 31.2. The molecule has 0 bridgehead atoms. The third-order valence-corrected chi connectivity index (χ3v) is 8.42. The molecule has 0 radical (unpaired) electrons. The molecule has 1 rings (SSSR count). The average molecular weight is 486 g/mol. The first-order valence-electron chi connectivity index (χ1n) is 9.20. The summed E-state index contributed by atoms with van der Waals surface area (Å²) >= 11 is 0. The smallest absolute Gasteiger partial charge is 0.347 e. The Balaban J connectivity index is 3.18. The van der Waals surface area contributed by atoms with Gasteiger partial charge in [0.15, 0.2) is 0 Å². The number of rotatable bonds is 10. The van der Waals surface area contributed by atoms with E-state index < -0.39 is 45.0 Å². The fraction of sp³-hybridized carbons (Fsp3) is 0.474. The minimum Gasteiger partial charge on any atom is -0.347 e. The summed E-state index contributed by atoms with van der Waals surface area (Å²) in [5.74, 6) is 0. The topological polar surface area (TPSA) is 124 Å². The SMILES string of the molecule is CC(C)=CCC/C(C)=C/COC(Cc1ccc(C(F)(F)F)cc1)(P(=O)(O)O)P(=O)(O)O. The predicted octanol–water partition coefficient (Wildman–Crippen LogP) is 4.97. The van der Waals surface area contributed by atoms with Crippen LogP contribution in [0.2, 0.25) is 0 Å². The second-order valence-corrected chi connectivity index (χ2v) is 11.4. The number of ether oxygens (including phenoxy) is 1. The number of alkyl halides is 3. The first-order chi connectivity index (χ1) is 14.0. The molecule has 31 heavy (non-hydrogen) atoms. The Morgan fingerprint density at radius 3 is 1.90 bits per heavy atom. The zero-order chi connectivity index (χ0) is 24.1. The molecule has 0 aliphatic rings. The molecule has 0 amide bonds. The van der Waals surface area contributed by atoms with Crippen molar-refractivity contribution >= 4 is 15.2 Å². The van der Waals surface area contributed by atoms with Gasteiger partial charge >= 0.3 is 21.4 Å². The summed E-state index contributed by atoms with van der Waals surface area (Å²) in [4.78, 5) is 39.0. The number of hydrogen-bond acceptors (Lipinski definition) is 3. The summed E-state index contributed by atoms with van der Waals surface area (Å²) in [5.41, 5.74) is 0.744. The van der Waals surface area contributed by atoms with Crippen molar-refractivity contribution < 1.29 is 46.6 Å². The van der Waals surface area contributed by atoms with Crippen molar-refractivity contribution in [3.05, 3.63) is 58.7 Å². The Hall–Kier alpha value is -1.25. The molecule has 12 heteroatoms. The van der Waals surface area contributed by atoms with Crippen LogP contribution in [0, 0.1) is 0 Å². The number of hydrogen-bond donors (Lipinski definition) is 4. The van der Waals surface area contributed by atoms with Crippen molar-refractivity contribution in [1.29, 1.82) is 0 Å². The minimum atomic E-state index is -5.58. The molecule has 1 aromatic rings. The standard InChI is InChI=1S/C19H27F3O7P2/c1-14(2)5-4-6-15(3)11-12-29-18(30(23,24)25,31(26,27)28)13-16-7-9-17(10-8-16)19(20,21)22/h5,7-11H,4,6,12-13H2,1-3H3,(H2,23,24,25)(H2,26,27,28)/b15-11+. The van der Waals surface area contributed by atoms with Crippen LogP contribution in [0.25, 0.3) is 0 Å². The molecule has 0 spiro atoms. The van der Waals surface area contributed by atoms with Gasteiger partial charge in [-0.2, -0.15) is 13.2 Å². The predicted molar refractivity (Wildman–Crippen MR) is 110 cm³/mol. The van der Waals surface area contributed by atoms with Gasteiger partial charge in [0.05, 0.1) is 12.2 Å². The van der Waals surface area contributed by atoms with Gasteiger partial charge in [-0.15, -0.1) is 0 Å². The van der Waals surface area contributed by atoms with Crippen LogP contribution >= 0.6 is 15.2 Å². The summed E-state index contributed by atoms with van der Waals surface area (Å²) in [7, 11) is -11.2. The van der Waals surface area contributed by atoms with E-state index in [2.05, 4.69) is 0 Å². The zero-order valence-corrected chi connectivity index (χ0v) is 19.1. The molecule has 0 aliphatic heterocycles. The van der Waals surface area contributed by atoms with E-state index >= 15 is 0 Å². The van der Waals surface area contributed by atoms with E-state index in [4.69, 9.17) is 4.74 Å². The maximum atomic E-state index is 12.7. The monoisotopic (exact) mass is 486 g/mol. The van der Waals surface area contributed by atoms with Crippen LogP contribution in [0.15, 0.2) is 47.6 Å². The molecule has 1 aromatic carbocycles. The van der Waals surface area contributed by atoms with Crippen molar-refractivity contribution in [2.45, 2.75) is 51.3 Å². The Morgan fingerprint density at radius 1 is 0.968 bits per heavy atom. The van der Waals surface area contributed by atoms with Crippen molar-refractivity contribution in [2.75, 3.05) is 6.61 Å². The van der Waals surface area contributed by atoms with Crippen molar-refractivity contribution in [2.24, 2.45) is 0 Å². The normalized spacial score (nSPS) is 13.9. The average Bonchev–Trinajstić information content (AvgIpc) is 2.58. The molecule has 4 N–H and O–H groups in total. The van der Waals surface area contributed by atoms with Crippen LogP contribution in [-0.4, -0.2) is 31.3 Å². The second-order valence-electron chi connectivity index (χ2n) is 7.38. The molecule has 0 saturated carbocycles. The van der Waals surface area contributed by atoms with Crippen LogP contribution in [0.5, 0.6) is 0 Å². The summed E-state index contributed by atoms with van der Waals surface area (Å²) in [6, 6.07) is 3.11. The molecular weight excluding hydrogens is 459 g/mol. The molecule has 0 unspecified atom stereocenters. The van der Waals surface area contributed by atoms with Gasteiger partial charge in [0.1, 0.15) is 0 Å². The van der Waals surface area contributed by atoms with Gasteiger partial charge < -0.3 is 24.3 Å². The zero-order valence-electron chi connectivity index (χ0n) is 17.3. The summed E-state index contributed by atoms with van der Waals surface area (Å²) in [6.07, 6.45) is -0.870. The quantitative estimate of drug-likeness (QED) is 0.272. The lowest BCUT2D eigenvalue weighted by Crippen LogP contribution is -2.35. The van der Waals surface area contributed by atoms with E-state index in [0.717, 1.165) is 23.3 Å². The molecule has 0 aliphatic carbocycles. The van der Waals surface area contributed by atoms with Crippen molar-refractivity contribution in [3.8, 4) is 0 Å². The van der Waals surface area contributed by atoms with Gasteiger partial charge in [-0.25, -0.2) is 0 Å². The molecule has 0 fully saturated rings. The van der Waals surface area contributed by atoms with Crippen LogP contribution in [-0.2, 0) is 26.5 Å². The largest absolute Gasteiger partial charge is 0.416 e.